The molecule has 1 heterocycles. The van der Waals surface area contributed by atoms with Crippen molar-refractivity contribution in [2.24, 2.45) is 0 Å². The number of hydrogen-bond acceptors (Lipinski definition) is 4. The Bertz CT molecular complexity index is 793. The normalized spacial score (nSPS) is 17.5. The summed E-state index contributed by atoms with van der Waals surface area (Å²) in [6, 6.07) is 13.4. The van der Waals surface area contributed by atoms with Crippen LogP contribution in [0.2, 0.25) is 0 Å². The monoisotopic (exact) mass is 433 g/mol. The van der Waals surface area contributed by atoms with Crippen molar-refractivity contribution in [2.45, 2.75) is 31.9 Å². The zero-order valence-electron chi connectivity index (χ0n) is 15.8. The van der Waals surface area contributed by atoms with Crippen LogP contribution in [0.3, 0.4) is 0 Å². The van der Waals surface area contributed by atoms with Gasteiger partial charge >= 0.3 is 0 Å². The molecule has 1 amide bonds. The molecule has 1 aliphatic rings. The first-order valence-corrected chi connectivity index (χ1v) is 9.77. The minimum atomic E-state index is -0.549. The van der Waals surface area contributed by atoms with Crippen LogP contribution in [-0.4, -0.2) is 37.7 Å². The van der Waals surface area contributed by atoms with Crippen molar-refractivity contribution in [1.29, 1.82) is 0 Å². The van der Waals surface area contributed by atoms with Crippen LogP contribution in [0, 0.1) is 0 Å². The third-order valence-corrected chi connectivity index (χ3v) is 5.33. The summed E-state index contributed by atoms with van der Waals surface area (Å²) >= 11 is 3.40. The van der Waals surface area contributed by atoms with Gasteiger partial charge in [-0.3, -0.25) is 4.79 Å². The Morgan fingerprint density at radius 1 is 1.11 bits per heavy atom. The summed E-state index contributed by atoms with van der Waals surface area (Å²) in [7, 11) is 3.23. The summed E-state index contributed by atoms with van der Waals surface area (Å²) in [5, 5.41) is 0. The van der Waals surface area contributed by atoms with Crippen molar-refractivity contribution in [2.75, 3.05) is 20.8 Å². The smallest absolute Gasteiger partial charge is 0.263 e. The van der Waals surface area contributed by atoms with Gasteiger partial charge in [0.1, 0.15) is 5.75 Å². The number of methoxy groups -OCH3 is 2. The Morgan fingerprint density at radius 3 is 2.48 bits per heavy atom. The average Bonchev–Trinajstić information content (AvgIpc) is 3.18. The van der Waals surface area contributed by atoms with Crippen LogP contribution in [-0.2, 0) is 4.79 Å². The van der Waals surface area contributed by atoms with E-state index in [4.69, 9.17) is 14.2 Å². The van der Waals surface area contributed by atoms with Crippen LogP contribution in [0.1, 0.15) is 31.4 Å². The molecule has 0 spiro atoms. The first-order valence-electron chi connectivity index (χ1n) is 8.98. The van der Waals surface area contributed by atoms with Gasteiger partial charge in [-0.2, -0.15) is 0 Å². The van der Waals surface area contributed by atoms with E-state index in [1.165, 1.54) is 0 Å². The van der Waals surface area contributed by atoms with Gasteiger partial charge in [0.25, 0.3) is 5.91 Å². The summed E-state index contributed by atoms with van der Waals surface area (Å²) in [6.45, 7) is 2.53. The van der Waals surface area contributed by atoms with Crippen LogP contribution < -0.4 is 14.2 Å². The molecule has 1 aliphatic heterocycles. The molecule has 144 valence electrons. The second-order valence-corrected chi connectivity index (χ2v) is 7.43. The van der Waals surface area contributed by atoms with Crippen LogP contribution in [0.15, 0.2) is 46.9 Å². The molecular weight excluding hydrogens is 410 g/mol. The van der Waals surface area contributed by atoms with Gasteiger partial charge in [0, 0.05) is 11.0 Å². The fraction of sp³-hybridized carbons (Fsp3) is 0.381. The van der Waals surface area contributed by atoms with E-state index >= 15 is 0 Å². The van der Waals surface area contributed by atoms with E-state index < -0.39 is 6.10 Å². The van der Waals surface area contributed by atoms with E-state index in [-0.39, 0.29) is 11.9 Å². The Morgan fingerprint density at radius 2 is 1.81 bits per heavy atom. The van der Waals surface area contributed by atoms with E-state index in [9.17, 15) is 4.79 Å². The number of carbonyl (C=O) groups is 1. The fourth-order valence-corrected chi connectivity index (χ4v) is 3.70. The molecule has 2 aromatic rings. The maximum Gasteiger partial charge on any atom is 0.263 e. The topological polar surface area (TPSA) is 48.0 Å². The molecule has 0 aromatic heterocycles. The van der Waals surface area contributed by atoms with Gasteiger partial charge in [-0.1, -0.05) is 22.0 Å². The zero-order valence-corrected chi connectivity index (χ0v) is 17.4. The third kappa shape index (κ3) is 4.38. The van der Waals surface area contributed by atoms with E-state index in [1.54, 1.807) is 21.1 Å². The largest absolute Gasteiger partial charge is 0.493 e. The van der Waals surface area contributed by atoms with Crippen molar-refractivity contribution in [3.63, 3.8) is 0 Å². The Labute approximate surface area is 168 Å². The molecule has 0 radical (unpaired) electrons. The predicted octanol–water partition coefficient (Wildman–Crippen LogP) is 4.60. The molecule has 1 saturated heterocycles. The first kappa shape index (κ1) is 19.5. The fourth-order valence-electron chi connectivity index (χ4n) is 3.44. The van der Waals surface area contributed by atoms with E-state index in [0.29, 0.717) is 17.2 Å². The molecule has 0 N–H and O–H groups in total. The summed E-state index contributed by atoms with van der Waals surface area (Å²) in [4.78, 5) is 14.9. The van der Waals surface area contributed by atoms with E-state index in [2.05, 4.69) is 15.9 Å². The molecule has 0 saturated carbocycles. The number of ether oxygens (including phenoxy) is 3. The molecule has 0 bridgehead atoms. The van der Waals surface area contributed by atoms with E-state index in [0.717, 1.165) is 29.4 Å². The highest BCUT2D eigenvalue weighted by molar-refractivity contribution is 9.10. The molecular formula is C21H24BrNO4. The Hall–Kier alpha value is -2.21. The van der Waals surface area contributed by atoms with Crippen molar-refractivity contribution < 1.29 is 19.0 Å². The molecule has 6 heteroatoms. The summed E-state index contributed by atoms with van der Waals surface area (Å²) < 4.78 is 17.5. The van der Waals surface area contributed by atoms with Gasteiger partial charge in [0.15, 0.2) is 17.6 Å². The summed E-state index contributed by atoms with van der Waals surface area (Å²) in [5.74, 6) is 2.04. The van der Waals surface area contributed by atoms with Gasteiger partial charge in [-0.15, -0.1) is 0 Å². The zero-order chi connectivity index (χ0) is 19.4. The molecule has 0 unspecified atom stereocenters. The van der Waals surface area contributed by atoms with Crippen molar-refractivity contribution in [3.05, 3.63) is 52.5 Å². The number of nitrogens with zero attached hydrogens (tertiary/aromatic N) is 1. The molecule has 27 heavy (non-hydrogen) atoms. The second-order valence-electron chi connectivity index (χ2n) is 6.52. The van der Waals surface area contributed by atoms with Gasteiger partial charge in [-0.25, -0.2) is 0 Å². The van der Waals surface area contributed by atoms with Crippen molar-refractivity contribution in [1.82, 2.24) is 4.90 Å². The van der Waals surface area contributed by atoms with Gasteiger partial charge in [0.2, 0.25) is 0 Å². The number of hydrogen-bond donors (Lipinski definition) is 0. The number of carbonyl (C=O) groups excluding carboxylic acids is 1. The number of halogens is 1. The molecule has 0 aliphatic carbocycles. The van der Waals surface area contributed by atoms with Gasteiger partial charge in [-0.05, 0) is 61.7 Å². The lowest BCUT2D eigenvalue weighted by molar-refractivity contribution is -0.138. The van der Waals surface area contributed by atoms with Crippen LogP contribution >= 0.6 is 15.9 Å². The molecule has 5 nitrogen and oxygen atoms in total. The number of rotatable bonds is 6. The van der Waals surface area contributed by atoms with Crippen molar-refractivity contribution >= 4 is 21.8 Å². The second kappa shape index (κ2) is 8.65. The average molecular weight is 434 g/mol. The predicted molar refractivity (Wildman–Crippen MR) is 107 cm³/mol. The number of benzene rings is 2. The van der Waals surface area contributed by atoms with E-state index in [1.807, 2.05) is 47.4 Å². The maximum absolute atomic E-state index is 13.0. The van der Waals surface area contributed by atoms with Crippen molar-refractivity contribution in [3.8, 4) is 17.2 Å². The number of amides is 1. The SMILES string of the molecule is COc1ccc([C@@H]2CCCN2C(=O)[C@@H](C)Oc2ccc(Br)cc2)cc1OC. The summed E-state index contributed by atoms with van der Waals surface area (Å²) in [6.07, 6.45) is 1.34. The quantitative estimate of drug-likeness (QED) is 0.667. The molecule has 2 atom stereocenters. The maximum atomic E-state index is 13.0. The highest BCUT2D eigenvalue weighted by Crippen LogP contribution is 2.37. The highest BCUT2D eigenvalue weighted by atomic mass is 79.9. The minimum absolute atomic E-state index is 0.00444. The standard InChI is InChI=1S/C21H24BrNO4/c1-14(27-17-9-7-16(22)8-10-17)21(24)23-12-4-5-18(23)15-6-11-19(25-2)20(13-15)26-3/h6-11,13-14,18H,4-5,12H2,1-3H3/t14-,18+/m1/s1. The van der Waals surface area contributed by atoms with Gasteiger partial charge < -0.3 is 19.1 Å². The highest BCUT2D eigenvalue weighted by Gasteiger charge is 2.33. The molecule has 3 rings (SSSR count). The Kier molecular flexibility index (Phi) is 6.26. The first-order chi connectivity index (χ1) is 13.0. The van der Waals surface area contributed by atoms with Crippen LogP contribution in [0.25, 0.3) is 0 Å². The minimum Gasteiger partial charge on any atom is -0.493 e. The lowest BCUT2D eigenvalue weighted by atomic mass is 10.0. The van der Waals surface area contributed by atoms with Crippen LogP contribution in [0.5, 0.6) is 17.2 Å². The van der Waals surface area contributed by atoms with Crippen LogP contribution in [0.4, 0.5) is 0 Å². The van der Waals surface area contributed by atoms with Gasteiger partial charge in [0.05, 0.1) is 20.3 Å². The lowest BCUT2D eigenvalue weighted by Crippen LogP contribution is -2.40. The molecule has 2 aromatic carbocycles. The lowest BCUT2D eigenvalue weighted by Gasteiger charge is -2.28. The molecule has 1 fully saturated rings. The Balaban J connectivity index is 1.75. The number of likely N-dealkylation sites (tertiary alicyclic amines) is 1. The third-order valence-electron chi connectivity index (χ3n) is 4.80. The summed E-state index contributed by atoms with van der Waals surface area (Å²) in [5.41, 5.74) is 1.05.